The van der Waals surface area contributed by atoms with Crippen molar-refractivity contribution in [2.45, 2.75) is 26.9 Å². The number of aromatic nitrogens is 3. The van der Waals surface area contributed by atoms with Gasteiger partial charge in [-0.2, -0.15) is 0 Å². The average molecular weight is 251 g/mol. The molecule has 0 aromatic carbocycles. The van der Waals surface area contributed by atoms with Crippen LogP contribution in [-0.2, 0) is 13.1 Å². The molecule has 0 radical (unpaired) electrons. The highest BCUT2D eigenvalue weighted by Gasteiger charge is 2.06. The van der Waals surface area contributed by atoms with Crippen molar-refractivity contribution in [3.63, 3.8) is 0 Å². The summed E-state index contributed by atoms with van der Waals surface area (Å²) in [5, 5.41) is 3.78. The van der Waals surface area contributed by atoms with Crippen molar-refractivity contribution in [3.8, 4) is 0 Å². The third-order valence-corrected chi connectivity index (χ3v) is 2.97. The standard InChI is InChI=1S/C12H15ClN4/c1-3-17-7-6-14-10(17)8-16-11-9(2)4-5-15-12(11)13/h4-7,16H,3,8H2,1-2H3. The summed E-state index contributed by atoms with van der Waals surface area (Å²) in [7, 11) is 0. The summed E-state index contributed by atoms with van der Waals surface area (Å²) < 4.78 is 2.09. The number of rotatable bonds is 4. The van der Waals surface area contributed by atoms with E-state index in [1.54, 1.807) is 12.4 Å². The fourth-order valence-electron chi connectivity index (χ4n) is 1.70. The minimum atomic E-state index is 0.500. The van der Waals surface area contributed by atoms with Crippen LogP contribution in [0.1, 0.15) is 18.3 Å². The minimum Gasteiger partial charge on any atom is -0.375 e. The predicted molar refractivity (Wildman–Crippen MR) is 69.2 cm³/mol. The fourth-order valence-corrected chi connectivity index (χ4v) is 1.97. The van der Waals surface area contributed by atoms with E-state index in [2.05, 4.69) is 26.8 Å². The average Bonchev–Trinajstić information content (AvgIpc) is 2.76. The third kappa shape index (κ3) is 2.58. The zero-order valence-electron chi connectivity index (χ0n) is 9.94. The summed E-state index contributed by atoms with van der Waals surface area (Å²) in [5.74, 6) is 0.992. The zero-order valence-corrected chi connectivity index (χ0v) is 10.7. The first-order valence-corrected chi connectivity index (χ1v) is 5.95. The van der Waals surface area contributed by atoms with Crippen LogP contribution < -0.4 is 5.32 Å². The number of anilines is 1. The lowest BCUT2D eigenvalue weighted by molar-refractivity contribution is 0.708. The molecule has 0 bridgehead atoms. The topological polar surface area (TPSA) is 42.7 Å². The molecule has 2 heterocycles. The monoisotopic (exact) mass is 250 g/mol. The molecule has 2 aromatic rings. The van der Waals surface area contributed by atoms with Gasteiger partial charge in [0.05, 0.1) is 12.2 Å². The molecule has 1 N–H and O–H groups in total. The van der Waals surface area contributed by atoms with Crippen molar-refractivity contribution in [2.24, 2.45) is 0 Å². The van der Waals surface area contributed by atoms with Gasteiger partial charge in [-0.15, -0.1) is 0 Å². The molecule has 4 nitrogen and oxygen atoms in total. The van der Waals surface area contributed by atoms with Gasteiger partial charge in [0.1, 0.15) is 5.82 Å². The van der Waals surface area contributed by atoms with Gasteiger partial charge in [0.25, 0.3) is 0 Å². The number of pyridine rings is 1. The second-order valence-corrected chi connectivity index (χ2v) is 4.13. The van der Waals surface area contributed by atoms with Gasteiger partial charge in [0.15, 0.2) is 5.15 Å². The van der Waals surface area contributed by atoms with E-state index in [0.29, 0.717) is 11.7 Å². The summed E-state index contributed by atoms with van der Waals surface area (Å²) in [4.78, 5) is 8.36. The Morgan fingerprint density at radius 3 is 2.88 bits per heavy atom. The maximum Gasteiger partial charge on any atom is 0.152 e. The summed E-state index contributed by atoms with van der Waals surface area (Å²) >= 11 is 6.04. The molecule has 2 aromatic heterocycles. The van der Waals surface area contributed by atoms with Crippen LogP contribution in [-0.4, -0.2) is 14.5 Å². The maximum atomic E-state index is 6.04. The third-order valence-electron chi connectivity index (χ3n) is 2.68. The van der Waals surface area contributed by atoms with Gasteiger partial charge in [0, 0.05) is 25.1 Å². The van der Waals surface area contributed by atoms with Crippen molar-refractivity contribution in [1.82, 2.24) is 14.5 Å². The second-order valence-electron chi connectivity index (χ2n) is 3.78. The number of imidazole rings is 1. The van der Waals surface area contributed by atoms with Gasteiger partial charge in [-0.3, -0.25) is 0 Å². The van der Waals surface area contributed by atoms with E-state index in [1.165, 1.54) is 0 Å². The van der Waals surface area contributed by atoms with Crippen LogP contribution in [0, 0.1) is 6.92 Å². The van der Waals surface area contributed by atoms with Crippen LogP contribution in [0.4, 0.5) is 5.69 Å². The zero-order chi connectivity index (χ0) is 12.3. The molecule has 2 rings (SSSR count). The number of hydrogen-bond donors (Lipinski definition) is 1. The Balaban J connectivity index is 2.13. The van der Waals surface area contributed by atoms with E-state index >= 15 is 0 Å². The van der Waals surface area contributed by atoms with Crippen LogP contribution in [0.3, 0.4) is 0 Å². The molecule has 0 aliphatic carbocycles. The van der Waals surface area contributed by atoms with Gasteiger partial charge < -0.3 is 9.88 Å². The smallest absolute Gasteiger partial charge is 0.152 e. The lowest BCUT2D eigenvalue weighted by atomic mass is 10.2. The molecule has 0 fully saturated rings. The lowest BCUT2D eigenvalue weighted by Crippen LogP contribution is -2.08. The first kappa shape index (κ1) is 11.9. The first-order valence-electron chi connectivity index (χ1n) is 5.57. The molecule has 0 aliphatic rings. The van der Waals surface area contributed by atoms with Crippen LogP contribution in [0.5, 0.6) is 0 Å². The SMILES string of the molecule is CCn1ccnc1CNc1c(C)ccnc1Cl. The number of nitrogens with one attached hydrogen (secondary N) is 1. The largest absolute Gasteiger partial charge is 0.375 e. The first-order chi connectivity index (χ1) is 8.22. The summed E-state index contributed by atoms with van der Waals surface area (Å²) in [6, 6.07) is 1.93. The summed E-state index contributed by atoms with van der Waals surface area (Å²) in [5.41, 5.74) is 1.96. The van der Waals surface area contributed by atoms with Crippen LogP contribution in [0.25, 0.3) is 0 Å². The maximum absolute atomic E-state index is 6.04. The molecule has 90 valence electrons. The van der Waals surface area contributed by atoms with E-state index in [1.807, 2.05) is 19.2 Å². The predicted octanol–water partition coefficient (Wildman–Crippen LogP) is 2.87. The van der Waals surface area contributed by atoms with Gasteiger partial charge in [-0.05, 0) is 25.5 Å². The molecule has 0 unspecified atom stereocenters. The molecule has 17 heavy (non-hydrogen) atoms. The van der Waals surface area contributed by atoms with Gasteiger partial charge in [-0.25, -0.2) is 9.97 Å². The number of hydrogen-bond acceptors (Lipinski definition) is 3. The highest BCUT2D eigenvalue weighted by molar-refractivity contribution is 6.32. The molecule has 0 spiro atoms. The van der Waals surface area contributed by atoms with E-state index in [-0.39, 0.29) is 0 Å². The molecule has 5 heteroatoms. The van der Waals surface area contributed by atoms with Crippen LogP contribution in [0.2, 0.25) is 5.15 Å². The minimum absolute atomic E-state index is 0.500. The number of aryl methyl sites for hydroxylation is 2. The van der Waals surface area contributed by atoms with E-state index < -0.39 is 0 Å². The van der Waals surface area contributed by atoms with E-state index in [4.69, 9.17) is 11.6 Å². The van der Waals surface area contributed by atoms with Gasteiger partial charge in [0.2, 0.25) is 0 Å². The van der Waals surface area contributed by atoms with E-state index in [0.717, 1.165) is 23.6 Å². The Kier molecular flexibility index (Phi) is 3.64. The fraction of sp³-hybridized carbons (Fsp3) is 0.333. The molecule has 0 saturated heterocycles. The van der Waals surface area contributed by atoms with Crippen molar-refractivity contribution in [2.75, 3.05) is 5.32 Å². The molecular weight excluding hydrogens is 236 g/mol. The van der Waals surface area contributed by atoms with Crippen LogP contribution >= 0.6 is 11.6 Å². The Hall–Kier alpha value is -1.55. The molecule has 0 atom stereocenters. The van der Waals surface area contributed by atoms with Crippen LogP contribution in [0.15, 0.2) is 24.7 Å². The summed E-state index contributed by atoms with van der Waals surface area (Å²) in [6.45, 7) is 5.65. The summed E-state index contributed by atoms with van der Waals surface area (Å²) in [6.07, 6.45) is 5.47. The van der Waals surface area contributed by atoms with Crippen molar-refractivity contribution in [3.05, 3.63) is 41.2 Å². The Morgan fingerprint density at radius 1 is 1.35 bits per heavy atom. The number of halogens is 1. The molecular formula is C12H15ClN4. The quantitative estimate of drug-likeness (QED) is 0.849. The van der Waals surface area contributed by atoms with E-state index in [9.17, 15) is 0 Å². The molecule has 0 saturated carbocycles. The Morgan fingerprint density at radius 2 is 2.18 bits per heavy atom. The van der Waals surface area contributed by atoms with Crippen molar-refractivity contribution < 1.29 is 0 Å². The Bertz CT molecular complexity index is 487. The Labute approximate surface area is 106 Å². The van der Waals surface area contributed by atoms with Crippen molar-refractivity contribution >= 4 is 17.3 Å². The molecule has 0 amide bonds. The highest BCUT2D eigenvalue weighted by atomic mass is 35.5. The van der Waals surface area contributed by atoms with Crippen molar-refractivity contribution in [1.29, 1.82) is 0 Å². The van der Waals surface area contributed by atoms with Gasteiger partial charge in [-0.1, -0.05) is 11.6 Å². The number of nitrogens with zero attached hydrogens (tertiary/aromatic N) is 3. The van der Waals surface area contributed by atoms with Gasteiger partial charge >= 0.3 is 0 Å². The highest BCUT2D eigenvalue weighted by Crippen LogP contribution is 2.23. The second kappa shape index (κ2) is 5.19. The normalized spacial score (nSPS) is 10.5. The lowest BCUT2D eigenvalue weighted by Gasteiger charge is -2.11. The molecule has 0 aliphatic heterocycles.